The van der Waals surface area contributed by atoms with Crippen LogP contribution in [0.2, 0.25) is 0 Å². The van der Waals surface area contributed by atoms with Gasteiger partial charge in [-0.05, 0) is 36.0 Å². The minimum absolute atomic E-state index is 0.0363. The van der Waals surface area contributed by atoms with Crippen LogP contribution >= 0.6 is 23.5 Å². The first-order chi connectivity index (χ1) is 12.6. The number of ether oxygens (including phenoxy) is 1. The first-order valence-corrected chi connectivity index (χ1v) is 9.66. The first kappa shape index (κ1) is 17.1. The highest BCUT2D eigenvalue weighted by molar-refractivity contribution is 8.19. The van der Waals surface area contributed by atoms with E-state index < -0.39 is 0 Å². The molecule has 0 aliphatic carbocycles. The Balaban J connectivity index is 1.72. The van der Waals surface area contributed by atoms with E-state index in [4.69, 9.17) is 4.74 Å². The van der Waals surface area contributed by atoms with Crippen molar-refractivity contribution >= 4 is 46.0 Å². The molecule has 1 amide bonds. The molecule has 4 rings (SSSR count). The van der Waals surface area contributed by atoms with Gasteiger partial charge in [0.1, 0.15) is 16.3 Å². The SMILES string of the molecule is COc1ccccc1N=C1S/C(=C2\Sc3ccccc3N2C)C(=O)N1C. The lowest BCUT2D eigenvalue weighted by Crippen LogP contribution is -2.24. The molecule has 5 nitrogen and oxygen atoms in total. The summed E-state index contributed by atoms with van der Waals surface area (Å²) in [4.78, 5) is 23.0. The fraction of sp³-hybridized carbons (Fsp3) is 0.158. The number of para-hydroxylation sites is 3. The van der Waals surface area contributed by atoms with Crippen LogP contribution in [0.4, 0.5) is 11.4 Å². The van der Waals surface area contributed by atoms with E-state index in [2.05, 4.69) is 22.0 Å². The number of anilines is 1. The first-order valence-electron chi connectivity index (χ1n) is 8.02. The highest BCUT2D eigenvalue weighted by atomic mass is 32.2. The molecule has 0 bridgehead atoms. The molecular formula is C19H17N3O2S2. The molecule has 1 saturated heterocycles. The minimum Gasteiger partial charge on any atom is -0.494 e. The van der Waals surface area contributed by atoms with E-state index in [0.29, 0.717) is 21.5 Å². The maximum atomic E-state index is 12.8. The van der Waals surface area contributed by atoms with Gasteiger partial charge in [0, 0.05) is 19.0 Å². The third kappa shape index (κ3) is 2.77. The van der Waals surface area contributed by atoms with Crippen LogP contribution in [0.15, 0.2) is 68.4 Å². The maximum Gasteiger partial charge on any atom is 0.269 e. The van der Waals surface area contributed by atoms with Gasteiger partial charge in [0.2, 0.25) is 0 Å². The molecule has 2 aromatic carbocycles. The van der Waals surface area contributed by atoms with Crippen molar-refractivity contribution in [2.24, 2.45) is 4.99 Å². The fourth-order valence-corrected chi connectivity index (χ4v) is 5.13. The van der Waals surface area contributed by atoms with Crippen LogP contribution in [0.5, 0.6) is 5.75 Å². The molecule has 2 aliphatic heterocycles. The molecule has 2 heterocycles. The number of amides is 1. The van der Waals surface area contributed by atoms with Crippen LogP contribution in [0.1, 0.15) is 0 Å². The second-order valence-electron chi connectivity index (χ2n) is 5.80. The number of nitrogens with zero attached hydrogens (tertiary/aromatic N) is 3. The molecule has 26 heavy (non-hydrogen) atoms. The normalized spacial score (nSPS) is 20.9. The van der Waals surface area contributed by atoms with Gasteiger partial charge in [-0.15, -0.1) is 0 Å². The number of hydrogen-bond donors (Lipinski definition) is 0. The van der Waals surface area contributed by atoms with Crippen LogP contribution in [-0.2, 0) is 4.79 Å². The molecule has 0 saturated carbocycles. The standard InChI is InChI=1S/C19H17N3O2S2/c1-21-13-9-5-7-11-15(13)25-18(21)16-17(23)22(2)19(26-16)20-12-8-4-6-10-14(12)24-3/h4-11H,1-3H3/b18-16-,20-19?. The summed E-state index contributed by atoms with van der Waals surface area (Å²) >= 11 is 3.02. The highest BCUT2D eigenvalue weighted by Gasteiger charge is 2.37. The number of thioether (sulfide) groups is 2. The molecule has 0 radical (unpaired) electrons. The molecular weight excluding hydrogens is 366 g/mol. The summed E-state index contributed by atoms with van der Waals surface area (Å²) < 4.78 is 5.36. The Morgan fingerprint density at radius 3 is 2.46 bits per heavy atom. The number of carbonyl (C=O) groups is 1. The Morgan fingerprint density at radius 2 is 1.69 bits per heavy atom. The summed E-state index contributed by atoms with van der Waals surface area (Å²) in [7, 11) is 5.36. The van der Waals surface area contributed by atoms with Gasteiger partial charge in [0.15, 0.2) is 5.17 Å². The predicted molar refractivity (Wildman–Crippen MR) is 108 cm³/mol. The van der Waals surface area contributed by atoms with Crippen LogP contribution in [-0.4, -0.2) is 37.2 Å². The Morgan fingerprint density at radius 1 is 0.962 bits per heavy atom. The second-order valence-corrected chi connectivity index (χ2v) is 7.80. The molecule has 2 aromatic rings. The molecule has 1 fully saturated rings. The molecule has 2 aliphatic rings. The summed E-state index contributed by atoms with van der Waals surface area (Å²) in [5.41, 5.74) is 1.82. The van der Waals surface area contributed by atoms with E-state index in [0.717, 1.165) is 15.6 Å². The van der Waals surface area contributed by atoms with E-state index in [1.165, 1.54) is 11.8 Å². The molecule has 0 N–H and O–H groups in total. The number of aliphatic imine (C=N–C) groups is 1. The Hall–Kier alpha value is -2.38. The Kier molecular flexibility index (Phi) is 4.42. The zero-order valence-corrected chi connectivity index (χ0v) is 16.2. The van der Waals surface area contributed by atoms with Gasteiger partial charge in [-0.1, -0.05) is 36.0 Å². The number of hydrogen-bond acceptors (Lipinski definition) is 6. The molecule has 0 aromatic heterocycles. The molecule has 7 heteroatoms. The Bertz CT molecular complexity index is 955. The Labute approximate surface area is 160 Å². The summed E-state index contributed by atoms with van der Waals surface area (Å²) in [6, 6.07) is 15.7. The van der Waals surface area contributed by atoms with Crippen LogP contribution in [0, 0.1) is 0 Å². The molecule has 0 atom stereocenters. The number of likely N-dealkylation sites (N-methyl/N-ethyl adjacent to an activating group) is 1. The van der Waals surface area contributed by atoms with E-state index in [1.807, 2.05) is 43.4 Å². The smallest absolute Gasteiger partial charge is 0.269 e. The molecule has 0 spiro atoms. The lowest BCUT2D eigenvalue weighted by Gasteiger charge is -2.14. The monoisotopic (exact) mass is 383 g/mol. The average Bonchev–Trinajstić information content (AvgIpc) is 3.14. The van der Waals surface area contributed by atoms with Crippen LogP contribution < -0.4 is 9.64 Å². The number of fused-ring (bicyclic) bond motifs is 1. The van der Waals surface area contributed by atoms with Gasteiger partial charge in [-0.3, -0.25) is 9.69 Å². The number of methoxy groups -OCH3 is 1. The molecule has 0 unspecified atom stereocenters. The van der Waals surface area contributed by atoms with E-state index in [9.17, 15) is 4.79 Å². The van der Waals surface area contributed by atoms with E-state index >= 15 is 0 Å². The van der Waals surface area contributed by atoms with Crippen molar-refractivity contribution in [1.29, 1.82) is 0 Å². The topological polar surface area (TPSA) is 45.1 Å². The van der Waals surface area contributed by atoms with Crippen LogP contribution in [0.25, 0.3) is 0 Å². The van der Waals surface area contributed by atoms with Crippen molar-refractivity contribution in [3.8, 4) is 5.75 Å². The van der Waals surface area contributed by atoms with Crippen molar-refractivity contribution < 1.29 is 9.53 Å². The summed E-state index contributed by atoms with van der Waals surface area (Å²) in [5.74, 6) is 0.646. The second kappa shape index (κ2) is 6.74. The van der Waals surface area contributed by atoms with Gasteiger partial charge >= 0.3 is 0 Å². The number of rotatable bonds is 2. The maximum absolute atomic E-state index is 12.8. The number of amidine groups is 1. The number of carbonyl (C=O) groups excluding carboxylic acids is 1. The van der Waals surface area contributed by atoms with Gasteiger partial charge < -0.3 is 9.64 Å². The third-order valence-corrected chi connectivity index (χ3v) is 6.70. The fourth-order valence-electron chi connectivity index (χ4n) is 2.80. The summed E-state index contributed by atoms with van der Waals surface area (Å²) in [5, 5.41) is 1.59. The number of benzene rings is 2. The highest BCUT2D eigenvalue weighted by Crippen LogP contribution is 2.49. The van der Waals surface area contributed by atoms with Crippen LogP contribution in [0.3, 0.4) is 0 Å². The zero-order valence-electron chi connectivity index (χ0n) is 14.6. The summed E-state index contributed by atoms with van der Waals surface area (Å²) in [6.07, 6.45) is 0. The van der Waals surface area contributed by atoms with Crippen molar-refractivity contribution in [2.75, 3.05) is 26.1 Å². The van der Waals surface area contributed by atoms with Crippen molar-refractivity contribution in [3.63, 3.8) is 0 Å². The van der Waals surface area contributed by atoms with Gasteiger partial charge in [-0.25, -0.2) is 4.99 Å². The lowest BCUT2D eigenvalue weighted by molar-refractivity contribution is -0.121. The van der Waals surface area contributed by atoms with Crippen molar-refractivity contribution in [1.82, 2.24) is 4.90 Å². The van der Waals surface area contributed by atoms with Gasteiger partial charge in [-0.2, -0.15) is 0 Å². The predicted octanol–water partition coefficient (Wildman–Crippen LogP) is 4.30. The van der Waals surface area contributed by atoms with Crippen molar-refractivity contribution in [2.45, 2.75) is 4.90 Å². The lowest BCUT2D eigenvalue weighted by atomic mass is 10.3. The quantitative estimate of drug-likeness (QED) is 0.724. The van der Waals surface area contributed by atoms with Crippen molar-refractivity contribution in [3.05, 3.63) is 58.5 Å². The van der Waals surface area contributed by atoms with E-state index in [-0.39, 0.29) is 5.91 Å². The van der Waals surface area contributed by atoms with Gasteiger partial charge in [0.05, 0.1) is 17.8 Å². The largest absolute Gasteiger partial charge is 0.494 e. The zero-order chi connectivity index (χ0) is 18.3. The average molecular weight is 383 g/mol. The van der Waals surface area contributed by atoms with Gasteiger partial charge in [0.25, 0.3) is 5.91 Å². The van der Waals surface area contributed by atoms with E-state index in [1.54, 1.807) is 30.8 Å². The summed E-state index contributed by atoms with van der Waals surface area (Å²) in [6.45, 7) is 0. The molecule has 132 valence electrons. The minimum atomic E-state index is -0.0363. The third-order valence-electron chi connectivity index (χ3n) is 4.21.